The number of nitrogens with one attached hydrogen (secondary N) is 1. The molecule has 0 bridgehead atoms. The molecule has 32 heavy (non-hydrogen) atoms. The summed E-state index contributed by atoms with van der Waals surface area (Å²) < 4.78 is 6.96. The number of fused-ring (bicyclic) bond motifs is 2. The lowest BCUT2D eigenvalue weighted by molar-refractivity contribution is 0.0730. The molecule has 1 N–H and O–H groups in total. The Hall–Kier alpha value is -3.17. The third kappa shape index (κ3) is 3.57. The van der Waals surface area contributed by atoms with Crippen molar-refractivity contribution in [3.8, 4) is 0 Å². The van der Waals surface area contributed by atoms with Gasteiger partial charge in [0, 0.05) is 37.4 Å². The zero-order valence-electron chi connectivity index (χ0n) is 17.8. The SMILES string of the molecule is CC(C)N1Cc2cc(NC(=O)c3cnn4cc(Cl)cnc34)c(N3CCOCC3)cc2C1=O. The normalized spacial score (nSPS) is 16.2. The maximum absolute atomic E-state index is 13.2. The van der Waals surface area contributed by atoms with Crippen LogP contribution >= 0.6 is 11.6 Å². The second-order valence-corrected chi connectivity index (χ2v) is 8.64. The highest BCUT2D eigenvalue weighted by atomic mass is 35.5. The average molecular weight is 455 g/mol. The van der Waals surface area contributed by atoms with Crippen molar-refractivity contribution in [3.05, 3.63) is 52.4 Å². The maximum Gasteiger partial charge on any atom is 0.261 e. The molecule has 0 radical (unpaired) electrons. The average Bonchev–Trinajstić information content (AvgIpc) is 3.34. The standard InChI is InChI=1S/C22H23ClN6O3/c1-13(2)28-11-14-7-18(19(8-16(14)22(28)31)27-3-5-32-6-4-27)26-21(30)17-10-25-29-12-15(23)9-24-20(17)29/h7-10,12-13H,3-6,11H2,1-2H3,(H,26,30). The van der Waals surface area contributed by atoms with Gasteiger partial charge < -0.3 is 19.9 Å². The van der Waals surface area contributed by atoms with Crippen LogP contribution in [0.2, 0.25) is 5.02 Å². The van der Waals surface area contributed by atoms with Crippen molar-refractivity contribution < 1.29 is 14.3 Å². The molecule has 5 rings (SSSR count). The van der Waals surface area contributed by atoms with Gasteiger partial charge in [-0.15, -0.1) is 0 Å². The summed E-state index contributed by atoms with van der Waals surface area (Å²) in [5.74, 6) is -0.305. The Kier molecular flexibility index (Phi) is 5.22. The number of amides is 2. The Morgan fingerprint density at radius 1 is 1.22 bits per heavy atom. The van der Waals surface area contributed by atoms with Crippen LogP contribution in [0.4, 0.5) is 11.4 Å². The van der Waals surface area contributed by atoms with Crippen LogP contribution in [-0.4, -0.2) is 63.7 Å². The van der Waals surface area contributed by atoms with Gasteiger partial charge in [-0.25, -0.2) is 9.50 Å². The fraction of sp³-hybridized carbons (Fsp3) is 0.364. The number of benzene rings is 1. The van der Waals surface area contributed by atoms with Crippen LogP contribution in [0.1, 0.15) is 40.1 Å². The van der Waals surface area contributed by atoms with E-state index in [-0.39, 0.29) is 17.9 Å². The number of anilines is 2. The van der Waals surface area contributed by atoms with E-state index >= 15 is 0 Å². The highest BCUT2D eigenvalue weighted by Gasteiger charge is 2.32. The van der Waals surface area contributed by atoms with Gasteiger partial charge >= 0.3 is 0 Å². The zero-order chi connectivity index (χ0) is 22.4. The predicted molar refractivity (Wildman–Crippen MR) is 120 cm³/mol. The van der Waals surface area contributed by atoms with Crippen LogP contribution in [0.3, 0.4) is 0 Å². The molecular formula is C22H23ClN6O3. The molecule has 0 aliphatic carbocycles. The van der Waals surface area contributed by atoms with Gasteiger partial charge in [-0.1, -0.05) is 11.6 Å². The highest BCUT2D eigenvalue weighted by Crippen LogP contribution is 2.36. The number of hydrogen-bond acceptors (Lipinski definition) is 6. The van der Waals surface area contributed by atoms with Gasteiger partial charge in [0.2, 0.25) is 0 Å². The predicted octanol–water partition coefficient (Wildman–Crippen LogP) is 2.84. The molecule has 2 aliphatic rings. The number of carbonyl (C=O) groups excluding carboxylic acids is 2. The molecule has 3 aromatic rings. The summed E-state index contributed by atoms with van der Waals surface area (Å²) >= 11 is 5.97. The van der Waals surface area contributed by atoms with Crippen molar-refractivity contribution >= 4 is 40.4 Å². The van der Waals surface area contributed by atoms with Crippen LogP contribution in [-0.2, 0) is 11.3 Å². The molecule has 0 unspecified atom stereocenters. The monoisotopic (exact) mass is 454 g/mol. The number of ether oxygens (including phenoxy) is 1. The summed E-state index contributed by atoms with van der Waals surface area (Å²) in [6.07, 6.45) is 4.55. The van der Waals surface area contributed by atoms with Crippen molar-refractivity contribution in [3.63, 3.8) is 0 Å². The molecule has 2 aromatic heterocycles. The van der Waals surface area contributed by atoms with E-state index in [1.165, 1.54) is 16.9 Å². The van der Waals surface area contributed by atoms with E-state index < -0.39 is 0 Å². The largest absolute Gasteiger partial charge is 0.378 e. The molecular weight excluding hydrogens is 432 g/mol. The minimum Gasteiger partial charge on any atom is -0.378 e. The molecule has 2 amide bonds. The third-order valence-electron chi connectivity index (χ3n) is 5.85. The van der Waals surface area contributed by atoms with E-state index in [1.807, 2.05) is 30.9 Å². The number of aromatic nitrogens is 3. The summed E-state index contributed by atoms with van der Waals surface area (Å²) in [7, 11) is 0. The van der Waals surface area contributed by atoms with Gasteiger partial charge in [0.25, 0.3) is 11.8 Å². The highest BCUT2D eigenvalue weighted by molar-refractivity contribution is 6.30. The van der Waals surface area contributed by atoms with E-state index in [0.29, 0.717) is 60.3 Å². The maximum atomic E-state index is 13.2. The number of morpholine rings is 1. The van der Waals surface area contributed by atoms with Crippen LogP contribution in [0.25, 0.3) is 5.65 Å². The summed E-state index contributed by atoms with van der Waals surface area (Å²) in [6.45, 7) is 7.07. The number of nitrogens with zero attached hydrogens (tertiary/aromatic N) is 5. The molecule has 4 heterocycles. The van der Waals surface area contributed by atoms with Crippen LogP contribution in [0, 0.1) is 0 Å². The number of rotatable bonds is 4. The molecule has 0 atom stereocenters. The summed E-state index contributed by atoms with van der Waals surface area (Å²) in [4.78, 5) is 34.3. The second-order valence-electron chi connectivity index (χ2n) is 8.21. The molecule has 9 nitrogen and oxygen atoms in total. The van der Waals surface area contributed by atoms with Crippen molar-refractivity contribution in [2.75, 3.05) is 36.5 Å². The lowest BCUT2D eigenvalue weighted by atomic mass is 10.1. The van der Waals surface area contributed by atoms with Crippen LogP contribution < -0.4 is 10.2 Å². The minimum absolute atomic E-state index is 0.0195. The van der Waals surface area contributed by atoms with Gasteiger partial charge in [-0.05, 0) is 31.5 Å². The Morgan fingerprint density at radius 3 is 2.75 bits per heavy atom. The number of halogens is 1. The second kappa shape index (κ2) is 8.07. The van der Waals surface area contributed by atoms with Crippen molar-refractivity contribution in [1.29, 1.82) is 0 Å². The molecule has 0 spiro atoms. The Bertz CT molecular complexity index is 1220. The number of hydrogen-bond donors (Lipinski definition) is 1. The Balaban J connectivity index is 1.53. The summed E-state index contributed by atoms with van der Waals surface area (Å²) in [5, 5.41) is 7.64. The first-order valence-corrected chi connectivity index (χ1v) is 10.9. The van der Waals surface area contributed by atoms with E-state index in [2.05, 4.69) is 20.3 Å². The van der Waals surface area contributed by atoms with Crippen LogP contribution in [0.15, 0.2) is 30.7 Å². The smallest absolute Gasteiger partial charge is 0.261 e. The third-order valence-corrected chi connectivity index (χ3v) is 6.04. The fourth-order valence-corrected chi connectivity index (χ4v) is 4.30. The number of carbonyl (C=O) groups is 2. The van der Waals surface area contributed by atoms with E-state index in [0.717, 1.165) is 11.3 Å². The zero-order valence-corrected chi connectivity index (χ0v) is 18.6. The van der Waals surface area contributed by atoms with Gasteiger partial charge in [0.1, 0.15) is 5.56 Å². The summed E-state index contributed by atoms with van der Waals surface area (Å²) in [5.41, 5.74) is 3.82. The van der Waals surface area contributed by atoms with Gasteiger partial charge in [0.05, 0.1) is 42.0 Å². The molecule has 2 aliphatic heterocycles. The first kappa shape index (κ1) is 20.7. The van der Waals surface area contributed by atoms with Crippen LogP contribution in [0.5, 0.6) is 0 Å². The first-order valence-electron chi connectivity index (χ1n) is 10.5. The molecule has 1 fully saturated rings. The van der Waals surface area contributed by atoms with Crippen molar-refractivity contribution in [2.24, 2.45) is 0 Å². The molecule has 10 heteroatoms. The molecule has 1 saturated heterocycles. The van der Waals surface area contributed by atoms with E-state index in [9.17, 15) is 9.59 Å². The summed E-state index contributed by atoms with van der Waals surface area (Å²) in [6, 6.07) is 3.90. The lowest BCUT2D eigenvalue weighted by Gasteiger charge is -2.31. The van der Waals surface area contributed by atoms with E-state index in [4.69, 9.17) is 16.3 Å². The van der Waals surface area contributed by atoms with Gasteiger partial charge in [0.15, 0.2) is 5.65 Å². The molecule has 0 saturated carbocycles. The van der Waals surface area contributed by atoms with Crippen molar-refractivity contribution in [1.82, 2.24) is 19.5 Å². The Labute approximate surface area is 189 Å². The first-order chi connectivity index (χ1) is 15.4. The lowest BCUT2D eigenvalue weighted by Crippen LogP contribution is -2.37. The topological polar surface area (TPSA) is 92.1 Å². The van der Waals surface area contributed by atoms with Crippen molar-refractivity contribution in [2.45, 2.75) is 26.4 Å². The quantitative estimate of drug-likeness (QED) is 0.651. The van der Waals surface area contributed by atoms with E-state index in [1.54, 1.807) is 6.20 Å². The molecule has 1 aromatic carbocycles. The van der Waals surface area contributed by atoms with Gasteiger partial charge in [-0.2, -0.15) is 5.10 Å². The fourth-order valence-electron chi connectivity index (χ4n) is 4.16. The minimum atomic E-state index is -0.325. The Morgan fingerprint density at radius 2 is 2.00 bits per heavy atom. The molecule has 166 valence electrons. The van der Waals surface area contributed by atoms with Gasteiger partial charge in [-0.3, -0.25) is 9.59 Å².